The number of alkyl halides is 3. The lowest BCUT2D eigenvalue weighted by Gasteiger charge is -2.16. The minimum atomic E-state index is -4.52. The van der Waals surface area contributed by atoms with E-state index >= 15 is 0 Å². The molecule has 0 radical (unpaired) electrons. The van der Waals surface area contributed by atoms with Crippen LogP contribution in [0.25, 0.3) is 0 Å². The third kappa shape index (κ3) is 6.55. The molecule has 0 spiro atoms. The van der Waals surface area contributed by atoms with Gasteiger partial charge in [-0.2, -0.15) is 13.2 Å². The number of anilines is 2. The topological polar surface area (TPSA) is 76.7 Å². The average Bonchev–Trinajstić information content (AvgIpc) is 2.43. The van der Waals surface area contributed by atoms with Crippen LogP contribution in [0.4, 0.5) is 24.5 Å². The van der Waals surface area contributed by atoms with Crippen molar-refractivity contribution in [2.75, 3.05) is 24.4 Å². The van der Waals surface area contributed by atoms with Crippen molar-refractivity contribution in [3.8, 4) is 5.75 Å². The van der Waals surface area contributed by atoms with E-state index in [2.05, 4.69) is 15.4 Å². The number of ether oxygens (including phenoxy) is 2. The molecule has 0 aromatic heterocycles. The van der Waals surface area contributed by atoms with Crippen LogP contribution in [0.15, 0.2) is 18.2 Å². The Morgan fingerprint density at radius 2 is 1.91 bits per heavy atom. The number of carbonyl (C=O) groups excluding carboxylic acids is 2. The number of hydrogen-bond donors (Lipinski definition) is 2. The number of hydrogen-bond acceptors (Lipinski definition) is 4. The summed E-state index contributed by atoms with van der Waals surface area (Å²) in [5, 5.41) is 4.92. The molecule has 0 saturated heterocycles. The van der Waals surface area contributed by atoms with E-state index in [0.717, 1.165) is 0 Å². The van der Waals surface area contributed by atoms with E-state index in [1.54, 1.807) is 6.07 Å². The summed E-state index contributed by atoms with van der Waals surface area (Å²) in [6, 6.07) is 4.48. The summed E-state index contributed by atoms with van der Waals surface area (Å²) in [5.74, 6) is -0.794. The fourth-order valence-corrected chi connectivity index (χ4v) is 1.62. The van der Waals surface area contributed by atoms with Gasteiger partial charge in [0.15, 0.2) is 0 Å². The van der Waals surface area contributed by atoms with Crippen molar-refractivity contribution >= 4 is 23.2 Å². The standard InChI is InChI=1S/C14H17F3N2O4/c1-8(23-7-14(15,16)17)13(21)19-11-6-10(18-9(2)20)4-5-12(11)22-3/h4-6,8H,7H2,1-3H3,(H,18,20)(H,19,21). The van der Waals surface area contributed by atoms with E-state index in [4.69, 9.17) is 4.74 Å². The molecule has 23 heavy (non-hydrogen) atoms. The molecular weight excluding hydrogens is 317 g/mol. The van der Waals surface area contributed by atoms with E-state index in [1.807, 2.05) is 0 Å². The first-order valence-corrected chi connectivity index (χ1v) is 6.57. The lowest BCUT2D eigenvalue weighted by atomic mass is 10.2. The summed E-state index contributed by atoms with van der Waals surface area (Å²) >= 11 is 0. The first-order valence-electron chi connectivity index (χ1n) is 6.57. The van der Waals surface area contributed by atoms with Crippen LogP contribution >= 0.6 is 0 Å². The first-order chi connectivity index (χ1) is 10.6. The van der Waals surface area contributed by atoms with Crippen molar-refractivity contribution in [3.63, 3.8) is 0 Å². The molecule has 1 atom stereocenters. The predicted molar refractivity (Wildman–Crippen MR) is 77.4 cm³/mol. The molecule has 2 N–H and O–H groups in total. The molecule has 2 amide bonds. The number of methoxy groups -OCH3 is 1. The maximum absolute atomic E-state index is 12.1. The highest BCUT2D eigenvalue weighted by molar-refractivity contribution is 5.97. The smallest absolute Gasteiger partial charge is 0.411 e. The van der Waals surface area contributed by atoms with Gasteiger partial charge in [-0.15, -0.1) is 0 Å². The largest absolute Gasteiger partial charge is 0.495 e. The van der Waals surface area contributed by atoms with Crippen molar-refractivity contribution in [2.24, 2.45) is 0 Å². The summed E-state index contributed by atoms with van der Waals surface area (Å²) in [6.07, 6.45) is -5.83. The van der Waals surface area contributed by atoms with Gasteiger partial charge < -0.3 is 20.1 Å². The monoisotopic (exact) mass is 334 g/mol. The molecule has 0 heterocycles. The van der Waals surface area contributed by atoms with Crippen molar-refractivity contribution in [3.05, 3.63) is 18.2 Å². The van der Waals surface area contributed by atoms with Gasteiger partial charge in [-0.3, -0.25) is 9.59 Å². The Morgan fingerprint density at radius 3 is 2.43 bits per heavy atom. The fourth-order valence-electron chi connectivity index (χ4n) is 1.62. The first kappa shape index (κ1) is 18.8. The lowest BCUT2D eigenvalue weighted by Crippen LogP contribution is -2.31. The molecule has 9 heteroatoms. The summed E-state index contributed by atoms with van der Waals surface area (Å²) in [5.41, 5.74) is 0.601. The summed E-state index contributed by atoms with van der Waals surface area (Å²) < 4.78 is 45.8. The lowest BCUT2D eigenvalue weighted by molar-refractivity contribution is -0.184. The zero-order valence-corrected chi connectivity index (χ0v) is 12.8. The van der Waals surface area contributed by atoms with Crippen LogP contribution in [0.5, 0.6) is 5.75 Å². The second-order valence-electron chi connectivity index (χ2n) is 4.65. The molecule has 0 aliphatic carbocycles. The van der Waals surface area contributed by atoms with Gasteiger partial charge in [-0.05, 0) is 25.1 Å². The Morgan fingerprint density at radius 1 is 1.26 bits per heavy atom. The maximum atomic E-state index is 12.1. The van der Waals surface area contributed by atoms with Crippen LogP contribution in [-0.4, -0.2) is 37.8 Å². The summed E-state index contributed by atoms with van der Waals surface area (Å²) in [6.45, 7) is 0.991. The highest BCUT2D eigenvalue weighted by atomic mass is 19.4. The van der Waals surface area contributed by atoms with E-state index < -0.39 is 24.8 Å². The number of halogens is 3. The van der Waals surface area contributed by atoms with Crippen LogP contribution in [0.1, 0.15) is 13.8 Å². The SMILES string of the molecule is COc1ccc(NC(C)=O)cc1NC(=O)C(C)OCC(F)(F)F. The molecule has 0 aliphatic rings. The molecular formula is C14H17F3N2O4. The molecule has 1 rings (SSSR count). The van der Waals surface area contributed by atoms with E-state index in [1.165, 1.54) is 33.1 Å². The molecule has 128 valence electrons. The van der Waals surface area contributed by atoms with Crippen LogP contribution < -0.4 is 15.4 Å². The third-order valence-electron chi connectivity index (χ3n) is 2.64. The molecule has 0 aliphatic heterocycles. The molecule has 1 aromatic rings. The number of nitrogens with one attached hydrogen (secondary N) is 2. The van der Waals surface area contributed by atoms with E-state index in [0.29, 0.717) is 5.69 Å². The normalized spacial score (nSPS) is 12.4. The molecule has 1 unspecified atom stereocenters. The van der Waals surface area contributed by atoms with Crippen LogP contribution in [0, 0.1) is 0 Å². The van der Waals surface area contributed by atoms with E-state index in [-0.39, 0.29) is 17.3 Å². The van der Waals surface area contributed by atoms with Gasteiger partial charge in [0.25, 0.3) is 5.91 Å². The van der Waals surface area contributed by atoms with Gasteiger partial charge in [0.1, 0.15) is 18.5 Å². The van der Waals surface area contributed by atoms with Crippen molar-refractivity contribution in [1.82, 2.24) is 0 Å². The highest BCUT2D eigenvalue weighted by Crippen LogP contribution is 2.28. The van der Waals surface area contributed by atoms with Gasteiger partial charge in [0, 0.05) is 12.6 Å². The second-order valence-corrected chi connectivity index (χ2v) is 4.65. The Kier molecular flexibility index (Phi) is 6.38. The average molecular weight is 334 g/mol. The van der Waals surface area contributed by atoms with Gasteiger partial charge >= 0.3 is 6.18 Å². The van der Waals surface area contributed by atoms with E-state index in [9.17, 15) is 22.8 Å². The molecule has 0 bridgehead atoms. The second kappa shape index (κ2) is 7.82. The number of rotatable bonds is 6. The van der Waals surface area contributed by atoms with Crippen LogP contribution in [0.2, 0.25) is 0 Å². The van der Waals surface area contributed by atoms with Crippen LogP contribution in [0.3, 0.4) is 0 Å². The number of carbonyl (C=O) groups is 2. The highest BCUT2D eigenvalue weighted by Gasteiger charge is 2.30. The molecule has 0 saturated carbocycles. The van der Waals surface area contributed by atoms with Gasteiger partial charge in [0.2, 0.25) is 5.91 Å². The zero-order chi connectivity index (χ0) is 17.6. The third-order valence-corrected chi connectivity index (χ3v) is 2.64. The molecule has 6 nitrogen and oxygen atoms in total. The van der Waals surface area contributed by atoms with Crippen LogP contribution in [-0.2, 0) is 14.3 Å². The minimum Gasteiger partial charge on any atom is -0.495 e. The Balaban J connectivity index is 2.80. The van der Waals surface area contributed by atoms with Gasteiger partial charge in [0.05, 0.1) is 12.8 Å². The Hall–Kier alpha value is -2.29. The Bertz CT molecular complexity index is 576. The summed E-state index contributed by atoms with van der Waals surface area (Å²) in [4.78, 5) is 22.9. The number of amides is 2. The Labute approximate surface area is 130 Å². The van der Waals surface area contributed by atoms with Gasteiger partial charge in [-0.1, -0.05) is 0 Å². The van der Waals surface area contributed by atoms with Crippen molar-refractivity contribution in [1.29, 1.82) is 0 Å². The molecule has 1 aromatic carbocycles. The zero-order valence-electron chi connectivity index (χ0n) is 12.8. The number of benzene rings is 1. The maximum Gasteiger partial charge on any atom is 0.411 e. The molecule has 0 fully saturated rings. The quantitative estimate of drug-likeness (QED) is 0.838. The van der Waals surface area contributed by atoms with Crippen molar-refractivity contribution in [2.45, 2.75) is 26.1 Å². The fraction of sp³-hybridized carbons (Fsp3) is 0.429. The minimum absolute atomic E-state index is 0.200. The summed E-state index contributed by atoms with van der Waals surface area (Å²) in [7, 11) is 1.37. The van der Waals surface area contributed by atoms with Gasteiger partial charge in [-0.25, -0.2) is 0 Å². The predicted octanol–water partition coefficient (Wildman–Crippen LogP) is 2.56. The van der Waals surface area contributed by atoms with Crippen molar-refractivity contribution < 1.29 is 32.2 Å².